The molecule has 4 nitrogen and oxygen atoms in total. The van der Waals surface area contributed by atoms with E-state index >= 15 is 0 Å². The zero-order valence-corrected chi connectivity index (χ0v) is 13.8. The van der Waals surface area contributed by atoms with Crippen molar-refractivity contribution >= 4 is 17.5 Å². The Morgan fingerprint density at radius 1 is 1.18 bits per heavy atom. The monoisotopic (exact) mass is 327 g/mol. The van der Waals surface area contributed by atoms with Gasteiger partial charge in [0.25, 0.3) is 5.91 Å². The minimum absolute atomic E-state index is 0.0234. The van der Waals surface area contributed by atoms with Gasteiger partial charge in [-0.25, -0.2) is 0 Å². The van der Waals surface area contributed by atoms with E-state index < -0.39 is 5.60 Å². The van der Waals surface area contributed by atoms with Crippen LogP contribution < -0.4 is 5.32 Å². The molecule has 0 aromatic carbocycles. The SMILES string of the molecule is O=C(NCC12C[C@H]3C[C@@H](CC(Cl)(C3)C1)C2)C1(O)CCOCC1. The van der Waals surface area contributed by atoms with E-state index in [1.54, 1.807) is 0 Å². The van der Waals surface area contributed by atoms with Crippen LogP contribution in [0.25, 0.3) is 0 Å². The van der Waals surface area contributed by atoms with Crippen LogP contribution in [0.5, 0.6) is 0 Å². The van der Waals surface area contributed by atoms with Gasteiger partial charge in [-0.3, -0.25) is 4.79 Å². The Morgan fingerprint density at radius 2 is 1.82 bits per heavy atom. The van der Waals surface area contributed by atoms with Crippen molar-refractivity contribution in [2.45, 2.75) is 61.8 Å². The highest BCUT2D eigenvalue weighted by atomic mass is 35.5. The van der Waals surface area contributed by atoms with Gasteiger partial charge in [0.05, 0.1) is 0 Å². The average Bonchev–Trinajstić information content (AvgIpc) is 2.43. The number of carbonyl (C=O) groups excluding carboxylic acids is 1. The van der Waals surface area contributed by atoms with Crippen molar-refractivity contribution in [3.63, 3.8) is 0 Å². The van der Waals surface area contributed by atoms with Gasteiger partial charge >= 0.3 is 0 Å². The first-order valence-electron chi connectivity index (χ1n) is 8.68. The topological polar surface area (TPSA) is 58.6 Å². The number of amides is 1. The first-order valence-corrected chi connectivity index (χ1v) is 9.06. The molecule has 0 aromatic rings. The molecule has 0 aromatic heterocycles. The molecular formula is C17H26ClNO3. The van der Waals surface area contributed by atoms with Crippen LogP contribution in [0, 0.1) is 17.3 Å². The van der Waals surface area contributed by atoms with Crippen molar-refractivity contribution < 1.29 is 14.6 Å². The molecule has 5 heteroatoms. The number of aliphatic hydroxyl groups is 1. The highest BCUT2D eigenvalue weighted by Crippen LogP contribution is 2.63. The molecule has 1 heterocycles. The van der Waals surface area contributed by atoms with Crippen molar-refractivity contribution in [3.8, 4) is 0 Å². The number of hydrogen-bond donors (Lipinski definition) is 2. The summed E-state index contributed by atoms with van der Waals surface area (Å²) in [4.78, 5) is 12.4. The van der Waals surface area contributed by atoms with Crippen molar-refractivity contribution in [1.29, 1.82) is 0 Å². The van der Waals surface area contributed by atoms with Gasteiger partial charge < -0.3 is 15.2 Å². The Morgan fingerprint density at radius 3 is 2.41 bits per heavy atom. The number of nitrogens with one attached hydrogen (secondary N) is 1. The van der Waals surface area contributed by atoms with Crippen molar-refractivity contribution in [2.75, 3.05) is 19.8 Å². The zero-order chi connectivity index (χ0) is 15.4. The highest BCUT2D eigenvalue weighted by molar-refractivity contribution is 6.24. The Kier molecular flexibility index (Phi) is 3.52. The normalized spacial score (nSPS) is 45.7. The van der Waals surface area contributed by atoms with Gasteiger partial charge in [0.2, 0.25) is 0 Å². The zero-order valence-electron chi connectivity index (χ0n) is 13.1. The van der Waals surface area contributed by atoms with Crippen LogP contribution in [0.15, 0.2) is 0 Å². The standard InChI is InChI=1S/C17H26ClNO3/c18-16-8-12-5-13(9-16)7-15(6-12,10-16)11-19-14(20)17(21)1-3-22-4-2-17/h12-13,21H,1-11H2,(H,19,20)/t12-,13-,15?,16?/m1/s1. The minimum atomic E-state index is -1.24. The molecule has 1 aliphatic heterocycles. The van der Waals surface area contributed by atoms with Crippen LogP contribution >= 0.6 is 11.6 Å². The van der Waals surface area contributed by atoms with Crippen LogP contribution in [0.4, 0.5) is 0 Å². The molecule has 0 unspecified atom stereocenters. The number of halogens is 1. The predicted molar refractivity (Wildman–Crippen MR) is 83.7 cm³/mol. The summed E-state index contributed by atoms with van der Waals surface area (Å²) in [5, 5.41) is 13.5. The number of hydrogen-bond acceptors (Lipinski definition) is 3. The lowest BCUT2D eigenvalue weighted by Gasteiger charge is -2.60. The summed E-state index contributed by atoms with van der Waals surface area (Å²) in [5.74, 6) is 1.26. The maximum Gasteiger partial charge on any atom is 0.252 e. The first-order chi connectivity index (χ1) is 10.4. The number of rotatable bonds is 3. The second-order valence-electron chi connectivity index (χ2n) is 8.44. The van der Waals surface area contributed by atoms with E-state index in [4.69, 9.17) is 16.3 Å². The fourth-order valence-electron chi connectivity index (χ4n) is 5.91. The lowest BCUT2D eigenvalue weighted by atomic mass is 9.49. The number of ether oxygens (including phenoxy) is 1. The summed E-state index contributed by atoms with van der Waals surface area (Å²) < 4.78 is 5.25. The molecule has 4 bridgehead atoms. The Labute approximate surface area is 136 Å². The second kappa shape index (κ2) is 5.09. The van der Waals surface area contributed by atoms with Crippen LogP contribution in [0.1, 0.15) is 51.4 Å². The molecule has 1 saturated heterocycles. The predicted octanol–water partition coefficient (Wildman–Crippen LogP) is 2.22. The van der Waals surface area contributed by atoms with Gasteiger partial charge in [-0.05, 0) is 55.8 Å². The molecule has 4 saturated carbocycles. The van der Waals surface area contributed by atoms with E-state index in [1.807, 2.05) is 0 Å². The third-order valence-corrected chi connectivity index (χ3v) is 6.92. The van der Waals surface area contributed by atoms with E-state index in [0.29, 0.717) is 32.6 Å². The molecule has 2 N–H and O–H groups in total. The van der Waals surface area contributed by atoms with Gasteiger partial charge in [-0.2, -0.15) is 0 Å². The summed E-state index contributed by atoms with van der Waals surface area (Å²) >= 11 is 6.83. The average molecular weight is 328 g/mol. The summed E-state index contributed by atoms with van der Waals surface area (Å²) in [7, 11) is 0. The third-order valence-electron chi connectivity index (χ3n) is 6.48. The maximum absolute atomic E-state index is 12.4. The van der Waals surface area contributed by atoms with Crippen LogP contribution in [-0.2, 0) is 9.53 Å². The van der Waals surface area contributed by atoms with Crippen molar-refractivity contribution in [1.82, 2.24) is 5.32 Å². The van der Waals surface area contributed by atoms with E-state index in [1.165, 1.54) is 19.3 Å². The van der Waals surface area contributed by atoms with Gasteiger partial charge in [-0.1, -0.05) is 0 Å². The maximum atomic E-state index is 12.4. The highest BCUT2D eigenvalue weighted by Gasteiger charge is 2.57. The molecule has 0 radical (unpaired) electrons. The molecule has 0 spiro atoms. The molecular weight excluding hydrogens is 302 g/mol. The van der Waals surface area contributed by atoms with Gasteiger partial charge in [0, 0.05) is 37.5 Å². The fraction of sp³-hybridized carbons (Fsp3) is 0.941. The molecule has 124 valence electrons. The molecule has 5 aliphatic rings. The van der Waals surface area contributed by atoms with Gasteiger partial charge in [-0.15, -0.1) is 11.6 Å². The number of alkyl halides is 1. The lowest BCUT2D eigenvalue weighted by Crippen LogP contribution is -2.58. The van der Waals surface area contributed by atoms with Gasteiger partial charge in [0.1, 0.15) is 5.60 Å². The van der Waals surface area contributed by atoms with Gasteiger partial charge in [0.15, 0.2) is 0 Å². The van der Waals surface area contributed by atoms with E-state index in [9.17, 15) is 9.90 Å². The molecule has 2 atom stereocenters. The fourth-order valence-corrected chi connectivity index (χ4v) is 6.63. The van der Waals surface area contributed by atoms with Crippen LogP contribution in [0.3, 0.4) is 0 Å². The van der Waals surface area contributed by atoms with Crippen LogP contribution in [-0.4, -0.2) is 41.2 Å². The third kappa shape index (κ3) is 2.57. The summed E-state index contributed by atoms with van der Waals surface area (Å²) in [5.41, 5.74) is -1.07. The number of carbonyl (C=O) groups is 1. The Hall–Kier alpha value is -0.320. The largest absolute Gasteiger partial charge is 0.381 e. The Balaban J connectivity index is 1.42. The molecule has 5 rings (SSSR count). The van der Waals surface area contributed by atoms with E-state index in [0.717, 1.165) is 31.1 Å². The molecule has 4 aliphatic carbocycles. The van der Waals surface area contributed by atoms with E-state index in [-0.39, 0.29) is 16.2 Å². The smallest absolute Gasteiger partial charge is 0.252 e. The second-order valence-corrected chi connectivity index (χ2v) is 9.24. The minimum Gasteiger partial charge on any atom is -0.381 e. The Bertz CT molecular complexity index is 461. The quantitative estimate of drug-likeness (QED) is 0.781. The van der Waals surface area contributed by atoms with Crippen LogP contribution in [0.2, 0.25) is 0 Å². The van der Waals surface area contributed by atoms with Crippen molar-refractivity contribution in [3.05, 3.63) is 0 Å². The molecule has 5 fully saturated rings. The summed E-state index contributed by atoms with van der Waals surface area (Å²) in [6, 6.07) is 0. The summed E-state index contributed by atoms with van der Waals surface area (Å²) in [6.45, 7) is 1.60. The van der Waals surface area contributed by atoms with E-state index in [2.05, 4.69) is 5.32 Å². The van der Waals surface area contributed by atoms with Crippen molar-refractivity contribution in [2.24, 2.45) is 17.3 Å². The lowest BCUT2D eigenvalue weighted by molar-refractivity contribution is -0.151. The summed E-state index contributed by atoms with van der Waals surface area (Å²) in [6.07, 6.45) is 7.85. The first kappa shape index (κ1) is 15.2. The molecule has 1 amide bonds. The molecule has 22 heavy (non-hydrogen) atoms.